The highest BCUT2D eigenvalue weighted by atomic mass is 35.5. The lowest BCUT2D eigenvalue weighted by Crippen LogP contribution is -2.24. The molecule has 2 heterocycles. The molecule has 2 aromatic rings. The quantitative estimate of drug-likeness (QED) is 0.735. The number of aryl methyl sites for hydroxylation is 1. The molecule has 154 valence electrons. The second-order valence-corrected chi connectivity index (χ2v) is 8.01. The maximum atomic E-state index is 12.4. The fourth-order valence-electron chi connectivity index (χ4n) is 3.81. The van der Waals surface area contributed by atoms with Gasteiger partial charge in [0, 0.05) is 22.7 Å². The van der Waals surface area contributed by atoms with Crippen LogP contribution in [0, 0.1) is 12.8 Å². The Kier molecular flexibility index (Phi) is 5.73. The van der Waals surface area contributed by atoms with Gasteiger partial charge >= 0.3 is 0 Å². The monoisotopic (exact) mass is 421 g/mol. The lowest BCUT2D eigenvalue weighted by Gasteiger charge is -2.13. The molecular weight excluding hydrogens is 398 g/mol. The number of nitrogens with one attached hydrogen (secondary N) is 1. The summed E-state index contributed by atoms with van der Waals surface area (Å²) < 4.78 is 5.73. The number of carbonyl (C=O) groups excluding carboxylic acids is 1. The van der Waals surface area contributed by atoms with Crippen LogP contribution in [0.5, 0.6) is 0 Å². The average molecular weight is 422 g/mol. The van der Waals surface area contributed by atoms with Crippen LogP contribution in [-0.4, -0.2) is 23.3 Å². The number of carbonyl (C=O) groups is 1. The Bertz CT molecular complexity index is 1090. The molecule has 30 heavy (non-hydrogen) atoms. The Hall–Kier alpha value is -2.92. The molecule has 0 radical (unpaired) electrons. The molecule has 1 aromatic carbocycles. The first-order valence-corrected chi connectivity index (χ1v) is 10.5. The zero-order valence-electron chi connectivity index (χ0n) is 17.3. The van der Waals surface area contributed by atoms with Crippen molar-refractivity contribution in [1.82, 2.24) is 10.5 Å². The van der Waals surface area contributed by atoms with Crippen molar-refractivity contribution in [3.8, 4) is 0 Å². The number of nitrogens with zero attached hydrogens (tertiary/aromatic N) is 2. The fourth-order valence-corrected chi connectivity index (χ4v) is 3.94. The standard InChI is InChI=1S/C24H24ClN3O2/c1-4-26-21(29)13-20-24-22(15(3)28-30-24)18-11-5-14(2)6-12-19(18)23(27-20)16-7-9-17(25)10-8-16/h5-12,14,20H,4,13H2,1-3H3,(H,26,29). The molecular formula is C24H24ClN3O2. The van der Waals surface area contributed by atoms with E-state index in [2.05, 4.69) is 41.7 Å². The van der Waals surface area contributed by atoms with Crippen LogP contribution in [0.3, 0.4) is 0 Å². The van der Waals surface area contributed by atoms with Crippen molar-refractivity contribution in [3.63, 3.8) is 0 Å². The van der Waals surface area contributed by atoms with Gasteiger partial charge in [-0.15, -0.1) is 0 Å². The fraction of sp³-hybridized carbons (Fsp3) is 0.292. The van der Waals surface area contributed by atoms with E-state index in [1.165, 1.54) is 0 Å². The summed E-state index contributed by atoms with van der Waals surface area (Å²) in [5.74, 6) is 0.847. The molecule has 0 fully saturated rings. The van der Waals surface area contributed by atoms with E-state index in [-0.39, 0.29) is 18.2 Å². The third-order valence-corrected chi connectivity index (χ3v) is 5.55. The van der Waals surface area contributed by atoms with Crippen molar-refractivity contribution in [2.75, 3.05) is 6.54 Å². The van der Waals surface area contributed by atoms with Gasteiger partial charge in [0.2, 0.25) is 5.91 Å². The molecule has 1 amide bonds. The molecule has 4 rings (SSSR count). The summed E-state index contributed by atoms with van der Waals surface area (Å²) in [7, 11) is 0. The number of halogens is 1. The summed E-state index contributed by atoms with van der Waals surface area (Å²) in [4.78, 5) is 17.5. The van der Waals surface area contributed by atoms with Crippen molar-refractivity contribution in [1.29, 1.82) is 0 Å². The van der Waals surface area contributed by atoms with Crippen molar-refractivity contribution >= 4 is 28.8 Å². The topological polar surface area (TPSA) is 67.5 Å². The van der Waals surface area contributed by atoms with E-state index in [1.54, 1.807) is 0 Å². The third-order valence-electron chi connectivity index (χ3n) is 5.29. The second-order valence-electron chi connectivity index (χ2n) is 7.57. The maximum Gasteiger partial charge on any atom is 0.222 e. The Balaban J connectivity index is 1.94. The molecule has 1 N–H and O–H groups in total. The van der Waals surface area contributed by atoms with Gasteiger partial charge < -0.3 is 9.84 Å². The first-order valence-electron chi connectivity index (χ1n) is 10.2. The van der Waals surface area contributed by atoms with E-state index in [0.29, 0.717) is 17.3 Å². The van der Waals surface area contributed by atoms with Gasteiger partial charge in [0.25, 0.3) is 0 Å². The van der Waals surface area contributed by atoms with Crippen LogP contribution in [0.2, 0.25) is 5.02 Å². The molecule has 1 aliphatic heterocycles. The number of fused-ring (bicyclic) bond motifs is 2. The SMILES string of the molecule is CCNC(=O)CC1N=C(c2ccc(Cl)cc2)C2=C(C=CC(C)C=C2)c2c(C)noc21. The number of rotatable bonds is 4. The minimum atomic E-state index is -0.468. The van der Waals surface area contributed by atoms with E-state index in [9.17, 15) is 4.79 Å². The van der Waals surface area contributed by atoms with Crippen LogP contribution in [0.1, 0.15) is 48.9 Å². The molecule has 1 aliphatic carbocycles. The van der Waals surface area contributed by atoms with Gasteiger partial charge in [-0.3, -0.25) is 9.79 Å². The Labute approximate surface area is 181 Å². The maximum absolute atomic E-state index is 12.4. The number of allylic oxidation sites excluding steroid dienone is 6. The van der Waals surface area contributed by atoms with Crippen molar-refractivity contribution in [2.24, 2.45) is 10.9 Å². The zero-order valence-corrected chi connectivity index (χ0v) is 18.0. The highest BCUT2D eigenvalue weighted by Crippen LogP contribution is 2.40. The molecule has 0 bridgehead atoms. The van der Waals surface area contributed by atoms with Gasteiger partial charge in [0.05, 0.1) is 23.4 Å². The highest BCUT2D eigenvalue weighted by molar-refractivity contribution is 6.31. The summed E-state index contributed by atoms with van der Waals surface area (Å²) in [5, 5.41) is 7.73. The van der Waals surface area contributed by atoms with E-state index in [1.807, 2.05) is 38.1 Å². The van der Waals surface area contributed by atoms with Gasteiger partial charge in [-0.2, -0.15) is 0 Å². The summed E-state index contributed by atoms with van der Waals surface area (Å²) in [5.41, 5.74) is 5.47. The summed E-state index contributed by atoms with van der Waals surface area (Å²) in [6, 6.07) is 7.15. The van der Waals surface area contributed by atoms with Crippen molar-refractivity contribution in [3.05, 3.63) is 81.7 Å². The largest absolute Gasteiger partial charge is 0.358 e. The average Bonchev–Trinajstić information content (AvgIpc) is 2.92. The zero-order chi connectivity index (χ0) is 21.3. The van der Waals surface area contributed by atoms with E-state index in [0.717, 1.165) is 33.7 Å². The summed E-state index contributed by atoms with van der Waals surface area (Å²) in [6.45, 7) is 6.53. The van der Waals surface area contributed by atoms with E-state index < -0.39 is 6.04 Å². The smallest absolute Gasteiger partial charge is 0.222 e. The second kappa shape index (κ2) is 8.44. The minimum absolute atomic E-state index is 0.0708. The third kappa shape index (κ3) is 3.90. The van der Waals surface area contributed by atoms with E-state index in [4.69, 9.17) is 21.1 Å². The molecule has 5 nitrogen and oxygen atoms in total. The Morgan fingerprint density at radius 3 is 2.57 bits per heavy atom. The Morgan fingerprint density at radius 2 is 1.87 bits per heavy atom. The predicted molar refractivity (Wildman–Crippen MR) is 120 cm³/mol. The number of hydrogen-bond acceptors (Lipinski definition) is 4. The lowest BCUT2D eigenvalue weighted by molar-refractivity contribution is -0.121. The lowest BCUT2D eigenvalue weighted by atomic mass is 9.93. The molecule has 0 saturated heterocycles. The predicted octanol–water partition coefficient (Wildman–Crippen LogP) is 5.22. The van der Waals surface area contributed by atoms with Crippen LogP contribution in [-0.2, 0) is 4.79 Å². The molecule has 0 saturated carbocycles. The van der Waals surface area contributed by atoms with Gasteiger partial charge in [0.1, 0.15) is 6.04 Å². The highest BCUT2D eigenvalue weighted by Gasteiger charge is 2.32. The van der Waals surface area contributed by atoms with Crippen LogP contribution >= 0.6 is 11.6 Å². The van der Waals surface area contributed by atoms with Gasteiger partial charge in [-0.05, 0) is 37.5 Å². The number of aliphatic imine (C=N–C) groups is 1. The van der Waals surface area contributed by atoms with Crippen LogP contribution in [0.4, 0.5) is 0 Å². The normalized spacial score (nSPS) is 20.2. The number of benzene rings is 1. The molecule has 2 atom stereocenters. The van der Waals surface area contributed by atoms with Crippen LogP contribution < -0.4 is 5.32 Å². The minimum Gasteiger partial charge on any atom is -0.358 e. The molecule has 1 aromatic heterocycles. The summed E-state index contributed by atoms with van der Waals surface area (Å²) in [6.07, 6.45) is 8.72. The first-order chi connectivity index (χ1) is 14.5. The molecule has 2 unspecified atom stereocenters. The first kappa shape index (κ1) is 20.4. The molecule has 6 heteroatoms. The molecule has 0 spiro atoms. The van der Waals surface area contributed by atoms with Crippen LogP contribution in [0.25, 0.3) is 5.57 Å². The Morgan fingerprint density at radius 1 is 1.17 bits per heavy atom. The van der Waals surface area contributed by atoms with Gasteiger partial charge in [-0.25, -0.2) is 0 Å². The number of aromatic nitrogens is 1. The van der Waals surface area contributed by atoms with Crippen LogP contribution in [0.15, 0.2) is 63.7 Å². The van der Waals surface area contributed by atoms with E-state index >= 15 is 0 Å². The number of amides is 1. The summed E-state index contributed by atoms with van der Waals surface area (Å²) >= 11 is 6.12. The van der Waals surface area contributed by atoms with Crippen molar-refractivity contribution < 1.29 is 9.32 Å². The molecule has 2 aliphatic rings. The van der Waals surface area contributed by atoms with Gasteiger partial charge in [0.15, 0.2) is 5.76 Å². The number of hydrogen-bond donors (Lipinski definition) is 1. The van der Waals surface area contributed by atoms with Gasteiger partial charge in [-0.1, -0.05) is 60.1 Å². The van der Waals surface area contributed by atoms with Crippen molar-refractivity contribution in [2.45, 2.75) is 33.2 Å².